The summed E-state index contributed by atoms with van der Waals surface area (Å²) < 4.78 is 10.8. The zero-order valence-corrected chi connectivity index (χ0v) is 12.2. The Hall–Kier alpha value is -1.88. The van der Waals surface area contributed by atoms with Crippen LogP contribution in [0.3, 0.4) is 0 Å². The zero-order chi connectivity index (χ0) is 15.0. The normalized spacial score (nSPS) is 30.6. The molecule has 1 aliphatic carbocycles. The van der Waals surface area contributed by atoms with Crippen molar-refractivity contribution in [2.45, 2.75) is 38.6 Å². The van der Waals surface area contributed by atoms with E-state index in [0.717, 1.165) is 13.1 Å². The van der Waals surface area contributed by atoms with Crippen LogP contribution >= 0.6 is 0 Å². The van der Waals surface area contributed by atoms with E-state index in [2.05, 4.69) is 17.0 Å². The molecular formula is C16H19NO4. The predicted molar refractivity (Wildman–Crippen MR) is 75.2 cm³/mol. The molecule has 0 aromatic heterocycles. The highest BCUT2D eigenvalue weighted by atomic mass is 16.6. The van der Waals surface area contributed by atoms with Crippen LogP contribution in [0, 0.1) is 5.92 Å². The number of carbonyl (C=O) groups is 2. The first-order valence-electron chi connectivity index (χ1n) is 7.18. The molecule has 5 heteroatoms. The molecule has 112 valence electrons. The number of ether oxygens (including phenoxy) is 2. The lowest BCUT2D eigenvalue weighted by Crippen LogP contribution is -2.59. The Morgan fingerprint density at radius 1 is 1.10 bits per heavy atom. The lowest BCUT2D eigenvalue weighted by Gasteiger charge is -2.42. The van der Waals surface area contributed by atoms with Crippen molar-refractivity contribution in [3.8, 4) is 0 Å². The van der Waals surface area contributed by atoms with Crippen LogP contribution in [0.2, 0.25) is 0 Å². The van der Waals surface area contributed by atoms with Gasteiger partial charge in [-0.05, 0) is 5.56 Å². The molecule has 3 fully saturated rings. The van der Waals surface area contributed by atoms with E-state index in [0.29, 0.717) is 0 Å². The molecule has 0 spiro atoms. The molecule has 2 unspecified atom stereocenters. The molecule has 21 heavy (non-hydrogen) atoms. The van der Waals surface area contributed by atoms with Gasteiger partial charge in [0.25, 0.3) is 0 Å². The molecule has 0 amide bonds. The summed E-state index contributed by atoms with van der Waals surface area (Å²) in [5.41, 5.74) is 1.20. The summed E-state index contributed by atoms with van der Waals surface area (Å²) >= 11 is 0. The second-order valence-electron chi connectivity index (χ2n) is 5.72. The molecule has 2 saturated heterocycles. The summed E-state index contributed by atoms with van der Waals surface area (Å²) in [6, 6.07) is 10.1. The Kier molecular flexibility index (Phi) is 3.68. The van der Waals surface area contributed by atoms with E-state index in [1.54, 1.807) is 0 Å². The fourth-order valence-electron chi connectivity index (χ4n) is 3.44. The van der Waals surface area contributed by atoms with Crippen LogP contribution in [-0.2, 0) is 25.6 Å². The number of fused-ring (bicyclic) bond motifs is 1. The SMILES string of the molecule is CC(=O)OC1C2CN(Cc3ccccc3)C1C2OC(C)=O. The molecule has 2 aliphatic heterocycles. The van der Waals surface area contributed by atoms with Crippen LogP contribution in [0.15, 0.2) is 30.3 Å². The maximum absolute atomic E-state index is 11.2. The molecule has 2 bridgehead atoms. The van der Waals surface area contributed by atoms with Crippen LogP contribution in [0.4, 0.5) is 0 Å². The summed E-state index contributed by atoms with van der Waals surface area (Å²) in [6.07, 6.45) is -0.314. The number of carbonyl (C=O) groups excluding carboxylic acids is 2. The lowest BCUT2D eigenvalue weighted by molar-refractivity contribution is -0.182. The van der Waals surface area contributed by atoms with E-state index in [9.17, 15) is 9.59 Å². The molecule has 1 saturated carbocycles. The number of rotatable bonds is 4. The van der Waals surface area contributed by atoms with Crippen LogP contribution in [0.25, 0.3) is 0 Å². The second kappa shape index (κ2) is 5.48. The molecule has 3 aliphatic rings. The van der Waals surface area contributed by atoms with Crippen molar-refractivity contribution in [1.29, 1.82) is 0 Å². The van der Waals surface area contributed by atoms with Crippen LogP contribution in [-0.4, -0.2) is 41.6 Å². The van der Waals surface area contributed by atoms with Gasteiger partial charge in [-0.2, -0.15) is 0 Å². The first-order valence-corrected chi connectivity index (χ1v) is 7.18. The van der Waals surface area contributed by atoms with Crippen LogP contribution < -0.4 is 0 Å². The van der Waals surface area contributed by atoms with Crippen LogP contribution in [0.1, 0.15) is 19.4 Å². The van der Waals surface area contributed by atoms with Gasteiger partial charge in [-0.3, -0.25) is 14.5 Å². The Morgan fingerprint density at radius 3 is 2.19 bits per heavy atom. The van der Waals surface area contributed by atoms with Gasteiger partial charge in [0.15, 0.2) is 0 Å². The quantitative estimate of drug-likeness (QED) is 0.783. The summed E-state index contributed by atoms with van der Waals surface area (Å²) in [5, 5.41) is 0. The average Bonchev–Trinajstić information content (AvgIpc) is 2.94. The van der Waals surface area contributed by atoms with Crippen molar-refractivity contribution in [1.82, 2.24) is 4.90 Å². The third kappa shape index (κ3) is 2.65. The largest absolute Gasteiger partial charge is 0.460 e. The molecule has 2 atom stereocenters. The average molecular weight is 289 g/mol. The Morgan fingerprint density at radius 2 is 1.67 bits per heavy atom. The standard InChI is InChI=1S/C16H19NO4/c1-10(18)20-15-13-9-17(8-12-6-4-3-5-7-12)14(15)16(13)21-11(2)19/h3-7,13-16H,8-9H2,1-2H3. The van der Waals surface area contributed by atoms with Gasteiger partial charge in [0, 0.05) is 32.9 Å². The van der Waals surface area contributed by atoms with E-state index >= 15 is 0 Å². The summed E-state index contributed by atoms with van der Waals surface area (Å²) in [7, 11) is 0. The molecule has 2 heterocycles. The monoisotopic (exact) mass is 289 g/mol. The van der Waals surface area contributed by atoms with Crippen molar-refractivity contribution in [3.05, 3.63) is 35.9 Å². The molecule has 1 aromatic rings. The topological polar surface area (TPSA) is 55.8 Å². The zero-order valence-electron chi connectivity index (χ0n) is 12.2. The Bertz CT molecular complexity index is 520. The van der Waals surface area contributed by atoms with Crippen molar-refractivity contribution in [2.24, 2.45) is 5.92 Å². The molecule has 5 nitrogen and oxygen atoms in total. The van der Waals surface area contributed by atoms with Gasteiger partial charge in [-0.1, -0.05) is 30.3 Å². The number of hydrogen-bond donors (Lipinski definition) is 0. The molecular weight excluding hydrogens is 270 g/mol. The smallest absolute Gasteiger partial charge is 0.302 e. The van der Waals surface area contributed by atoms with Crippen molar-refractivity contribution in [3.63, 3.8) is 0 Å². The third-order valence-corrected chi connectivity index (χ3v) is 4.22. The summed E-state index contributed by atoms with van der Waals surface area (Å²) in [5.74, 6) is -0.470. The van der Waals surface area contributed by atoms with Gasteiger partial charge in [-0.25, -0.2) is 0 Å². The molecule has 0 N–H and O–H groups in total. The minimum absolute atomic E-state index is 0.0250. The minimum Gasteiger partial charge on any atom is -0.460 e. The van der Waals surface area contributed by atoms with Gasteiger partial charge in [0.2, 0.25) is 0 Å². The van der Waals surface area contributed by atoms with Crippen LogP contribution in [0.5, 0.6) is 0 Å². The highest BCUT2D eigenvalue weighted by Gasteiger charge is 2.63. The lowest BCUT2D eigenvalue weighted by atomic mass is 9.78. The van der Waals surface area contributed by atoms with Crippen molar-refractivity contribution < 1.29 is 19.1 Å². The maximum atomic E-state index is 11.2. The van der Waals surface area contributed by atoms with Gasteiger partial charge in [0.1, 0.15) is 12.2 Å². The number of nitrogens with zero attached hydrogens (tertiary/aromatic N) is 1. The van der Waals surface area contributed by atoms with E-state index in [1.807, 2.05) is 18.2 Å². The van der Waals surface area contributed by atoms with E-state index in [1.165, 1.54) is 19.4 Å². The molecule has 1 aromatic carbocycles. The number of esters is 2. The second-order valence-corrected chi connectivity index (χ2v) is 5.72. The molecule has 4 rings (SSSR count). The highest BCUT2D eigenvalue weighted by Crippen LogP contribution is 2.46. The maximum Gasteiger partial charge on any atom is 0.302 e. The molecule has 0 radical (unpaired) electrons. The first-order chi connectivity index (χ1) is 10.1. The van der Waals surface area contributed by atoms with E-state index < -0.39 is 0 Å². The first kappa shape index (κ1) is 14.1. The Balaban J connectivity index is 1.71. The summed E-state index contributed by atoms with van der Waals surface area (Å²) in [4.78, 5) is 24.7. The van der Waals surface area contributed by atoms with Gasteiger partial charge in [0.05, 0.1) is 6.04 Å². The predicted octanol–water partition coefficient (Wildman–Crippen LogP) is 1.36. The van der Waals surface area contributed by atoms with Crippen molar-refractivity contribution in [2.75, 3.05) is 6.54 Å². The number of hydrogen-bond acceptors (Lipinski definition) is 5. The van der Waals surface area contributed by atoms with Crippen molar-refractivity contribution >= 4 is 11.9 Å². The Labute approximate surface area is 123 Å². The van der Waals surface area contributed by atoms with Gasteiger partial charge >= 0.3 is 11.9 Å². The van der Waals surface area contributed by atoms with Gasteiger partial charge in [-0.15, -0.1) is 0 Å². The minimum atomic E-state index is -0.280. The third-order valence-electron chi connectivity index (χ3n) is 4.22. The number of benzene rings is 1. The highest BCUT2D eigenvalue weighted by molar-refractivity contribution is 5.67. The van der Waals surface area contributed by atoms with E-state index in [-0.39, 0.29) is 36.1 Å². The van der Waals surface area contributed by atoms with Gasteiger partial charge < -0.3 is 9.47 Å². The fraction of sp³-hybridized carbons (Fsp3) is 0.500. The van der Waals surface area contributed by atoms with E-state index in [4.69, 9.17) is 9.47 Å². The summed E-state index contributed by atoms with van der Waals surface area (Å²) in [6.45, 7) is 4.40. The fourth-order valence-corrected chi connectivity index (χ4v) is 3.44.